The number of amides is 1. The number of carbonyl (C=O) groups is 1. The van der Waals surface area contributed by atoms with E-state index in [0.29, 0.717) is 6.42 Å². The highest BCUT2D eigenvalue weighted by molar-refractivity contribution is 5.79. The zero-order valence-electron chi connectivity index (χ0n) is 14.0. The summed E-state index contributed by atoms with van der Waals surface area (Å²) in [6.07, 6.45) is 0.477. The van der Waals surface area contributed by atoms with Crippen molar-refractivity contribution in [3.05, 3.63) is 71.0 Å². The molecule has 2 aromatic carbocycles. The molecule has 1 aliphatic heterocycles. The molecular formula is C20H23FN2O. The molecular weight excluding hydrogens is 303 g/mol. The van der Waals surface area contributed by atoms with Crippen molar-refractivity contribution in [2.45, 2.75) is 19.9 Å². The molecule has 126 valence electrons. The Morgan fingerprint density at radius 1 is 1.00 bits per heavy atom. The van der Waals surface area contributed by atoms with Crippen molar-refractivity contribution in [1.29, 1.82) is 0 Å². The molecule has 0 unspecified atom stereocenters. The molecule has 24 heavy (non-hydrogen) atoms. The average molecular weight is 326 g/mol. The lowest BCUT2D eigenvalue weighted by Gasteiger charge is -2.35. The van der Waals surface area contributed by atoms with Crippen LogP contribution in [0.4, 0.5) is 4.39 Å². The van der Waals surface area contributed by atoms with Crippen LogP contribution in [0, 0.1) is 12.7 Å². The van der Waals surface area contributed by atoms with Gasteiger partial charge in [0.15, 0.2) is 0 Å². The Hall–Kier alpha value is -2.20. The molecule has 0 N–H and O–H groups in total. The smallest absolute Gasteiger partial charge is 0.227 e. The third-order valence-corrected chi connectivity index (χ3v) is 4.65. The summed E-state index contributed by atoms with van der Waals surface area (Å²) in [4.78, 5) is 16.8. The van der Waals surface area contributed by atoms with Crippen LogP contribution in [0.1, 0.15) is 16.7 Å². The van der Waals surface area contributed by atoms with Crippen LogP contribution in [-0.2, 0) is 17.8 Å². The average Bonchev–Trinajstić information content (AvgIpc) is 2.59. The molecule has 1 aliphatic rings. The summed E-state index contributed by atoms with van der Waals surface area (Å²) in [5.41, 5.74) is 3.38. The molecule has 2 aromatic rings. The zero-order chi connectivity index (χ0) is 16.9. The van der Waals surface area contributed by atoms with Gasteiger partial charge in [-0.1, -0.05) is 36.4 Å². The van der Waals surface area contributed by atoms with E-state index in [1.807, 2.05) is 48.2 Å². The van der Waals surface area contributed by atoms with Gasteiger partial charge in [0.2, 0.25) is 5.91 Å². The van der Waals surface area contributed by atoms with Crippen LogP contribution in [0.15, 0.2) is 48.5 Å². The number of aryl methyl sites for hydroxylation is 1. The molecule has 0 atom stereocenters. The molecule has 0 spiro atoms. The maximum absolute atomic E-state index is 13.0. The summed E-state index contributed by atoms with van der Waals surface area (Å²) < 4.78 is 13.0. The Kier molecular flexibility index (Phi) is 5.26. The first-order valence-electron chi connectivity index (χ1n) is 8.41. The predicted molar refractivity (Wildman–Crippen MR) is 93.1 cm³/mol. The van der Waals surface area contributed by atoms with Crippen LogP contribution in [-0.4, -0.2) is 41.9 Å². The number of hydrogen-bond donors (Lipinski definition) is 0. The maximum atomic E-state index is 13.0. The molecule has 4 heteroatoms. The lowest BCUT2D eigenvalue weighted by atomic mass is 10.1. The zero-order valence-corrected chi connectivity index (χ0v) is 14.0. The Labute approximate surface area is 142 Å². The van der Waals surface area contributed by atoms with Gasteiger partial charge >= 0.3 is 0 Å². The van der Waals surface area contributed by atoms with Crippen LogP contribution in [0.5, 0.6) is 0 Å². The van der Waals surface area contributed by atoms with Crippen molar-refractivity contribution >= 4 is 5.91 Å². The Morgan fingerprint density at radius 2 is 1.67 bits per heavy atom. The van der Waals surface area contributed by atoms with Crippen LogP contribution >= 0.6 is 0 Å². The fourth-order valence-electron chi connectivity index (χ4n) is 3.09. The van der Waals surface area contributed by atoms with Gasteiger partial charge in [-0.3, -0.25) is 9.69 Å². The van der Waals surface area contributed by atoms with Gasteiger partial charge in [-0.2, -0.15) is 0 Å². The second-order valence-corrected chi connectivity index (χ2v) is 6.39. The molecule has 3 nitrogen and oxygen atoms in total. The topological polar surface area (TPSA) is 23.6 Å². The first-order valence-corrected chi connectivity index (χ1v) is 8.41. The molecule has 3 rings (SSSR count). The van der Waals surface area contributed by atoms with Crippen LogP contribution < -0.4 is 0 Å². The SMILES string of the molecule is Cc1ccccc1CC(=O)N1CCN(Cc2ccc(F)cc2)CC1. The van der Waals surface area contributed by atoms with Gasteiger partial charge in [-0.05, 0) is 35.7 Å². The Bertz CT molecular complexity index is 691. The largest absolute Gasteiger partial charge is 0.340 e. The molecule has 0 bridgehead atoms. The number of halogens is 1. The molecule has 0 aliphatic carbocycles. The summed E-state index contributed by atoms with van der Waals surface area (Å²) >= 11 is 0. The van der Waals surface area contributed by atoms with Crippen molar-refractivity contribution in [3.63, 3.8) is 0 Å². The first-order chi connectivity index (χ1) is 11.6. The van der Waals surface area contributed by atoms with E-state index >= 15 is 0 Å². The van der Waals surface area contributed by atoms with Crippen molar-refractivity contribution in [2.75, 3.05) is 26.2 Å². The van der Waals surface area contributed by atoms with E-state index in [4.69, 9.17) is 0 Å². The van der Waals surface area contributed by atoms with E-state index in [0.717, 1.165) is 43.9 Å². The molecule has 1 heterocycles. The molecule has 1 fully saturated rings. The highest BCUT2D eigenvalue weighted by Gasteiger charge is 2.21. The van der Waals surface area contributed by atoms with E-state index in [9.17, 15) is 9.18 Å². The molecule has 1 amide bonds. The Morgan fingerprint density at radius 3 is 2.33 bits per heavy atom. The highest BCUT2D eigenvalue weighted by Crippen LogP contribution is 2.13. The minimum absolute atomic E-state index is 0.200. The highest BCUT2D eigenvalue weighted by atomic mass is 19.1. The second kappa shape index (κ2) is 7.58. The van der Waals surface area contributed by atoms with E-state index in [-0.39, 0.29) is 11.7 Å². The number of benzene rings is 2. The number of nitrogens with zero attached hydrogens (tertiary/aromatic N) is 2. The van der Waals surface area contributed by atoms with Gasteiger partial charge in [-0.25, -0.2) is 4.39 Å². The third-order valence-electron chi connectivity index (χ3n) is 4.65. The van der Waals surface area contributed by atoms with Crippen molar-refractivity contribution in [3.8, 4) is 0 Å². The summed E-state index contributed by atoms with van der Waals surface area (Å²) in [6, 6.07) is 14.7. The summed E-state index contributed by atoms with van der Waals surface area (Å²) in [6.45, 7) is 6.08. The van der Waals surface area contributed by atoms with E-state index in [2.05, 4.69) is 4.90 Å². The lowest BCUT2D eigenvalue weighted by molar-refractivity contribution is -0.132. The second-order valence-electron chi connectivity index (χ2n) is 6.39. The molecule has 0 radical (unpaired) electrons. The van der Waals surface area contributed by atoms with Crippen molar-refractivity contribution in [2.24, 2.45) is 0 Å². The van der Waals surface area contributed by atoms with Gasteiger partial charge in [0, 0.05) is 32.7 Å². The molecule has 1 saturated heterocycles. The van der Waals surface area contributed by atoms with Gasteiger partial charge in [0.25, 0.3) is 0 Å². The normalized spacial score (nSPS) is 15.5. The van der Waals surface area contributed by atoms with E-state index < -0.39 is 0 Å². The maximum Gasteiger partial charge on any atom is 0.227 e. The first kappa shape index (κ1) is 16.7. The van der Waals surface area contributed by atoms with Gasteiger partial charge in [0.1, 0.15) is 5.82 Å². The van der Waals surface area contributed by atoms with Crippen LogP contribution in [0.3, 0.4) is 0 Å². The third kappa shape index (κ3) is 4.20. The number of hydrogen-bond acceptors (Lipinski definition) is 2. The number of rotatable bonds is 4. The van der Waals surface area contributed by atoms with E-state index in [1.54, 1.807) is 0 Å². The lowest BCUT2D eigenvalue weighted by Crippen LogP contribution is -2.48. The summed E-state index contributed by atoms with van der Waals surface area (Å²) in [5, 5.41) is 0. The Balaban J connectivity index is 1.50. The van der Waals surface area contributed by atoms with E-state index in [1.165, 1.54) is 17.7 Å². The van der Waals surface area contributed by atoms with Gasteiger partial charge in [0.05, 0.1) is 6.42 Å². The molecule has 0 saturated carbocycles. The summed E-state index contributed by atoms with van der Waals surface area (Å²) in [7, 11) is 0. The van der Waals surface area contributed by atoms with Crippen LogP contribution in [0.2, 0.25) is 0 Å². The number of carbonyl (C=O) groups excluding carboxylic acids is 1. The quantitative estimate of drug-likeness (QED) is 0.862. The fraction of sp³-hybridized carbons (Fsp3) is 0.350. The molecule has 0 aromatic heterocycles. The predicted octanol–water partition coefficient (Wildman–Crippen LogP) is 3.02. The van der Waals surface area contributed by atoms with Crippen molar-refractivity contribution in [1.82, 2.24) is 9.80 Å². The van der Waals surface area contributed by atoms with Crippen LogP contribution in [0.25, 0.3) is 0 Å². The minimum atomic E-state index is -0.203. The monoisotopic (exact) mass is 326 g/mol. The number of piperazine rings is 1. The fourth-order valence-corrected chi connectivity index (χ4v) is 3.09. The van der Waals surface area contributed by atoms with Gasteiger partial charge in [-0.15, -0.1) is 0 Å². The van der Waals surface area contributed by atoms with Crippen molar-refractivity contribution < 1.29 is 9.18 Å². The standard InChI is InChI=1S/C20H23FN2O/c1-16-4-2-3-5-18(16)14-20(24)23-12-10-22(11-13-23)15-17-6-8-19(21)9-7-17/h2-9H,10-15H2,1H3. The van der Waals surface area contributed by atoms with Gasteiger partial charge < -0.3 is 4.90 Å². The minimum Gasteiger partial charge on any atom is -0.340 e. The summed E-state index contributed by atoms with van der Waals surface area (Å²) in [5.74, 6) is -0.00361.